The third kappa shape index (κ3) is 4.13. The van der Waals surface area contributed by atoms with Gasteiger partial charge in [0.05, 0.1) is 6.20 Å². The predicted molar refractivity (Wildman–Crippen MR) is 89.3 cm³/mol. The Kier molecular flexibility index (Phi) is 5.26. The van der Waals surface area contributed by atoms with Gasteiger partial charge in [0.25, 0.3) is 5.91 Å². The number of phenolic OH excluding ortho intramolecular Hbond substituents is 1. The molecule has 1 amide bonds. The molecule has 0 spiro atoms. The summed E-state index contributed by atoms with van der Waals surface area (Å²) in [5.41, 5.74) is 0.662. The summed E-state index contributed by atoms with van der Waals surface area (Å²) in [6, 6.07) is 7.70. The topological polar surface area (TPSA) is 53.4 Å². The number of aryl methyl sites for hydroxylation is 1. The molecule has 1 aliphatic rings. The molecular formula is C19H20F2N2O2. The Morgan fingerprint density at radius 1 is 1.28 bits per heavy atom. The van der Waals surface area contributed by atoms with Crippen molar-refractivity contribution in [3.8, 4) is 5.75 Å². The maximum absolute atomic E-state index is 13.9. The Morgan fingerprint density at radius 2 is 2.12 bits per heavy atom. The van der Waals surface area contributed by atoms with Crippen LogP contribution in [0.1, 0.15) is 41.7 Å². The molecule has 1 atom stereocenters. The summed E-state index contributed by atoms with van der Waals surface area (Å²) in [5, 5.41) is 9.55. The average molecular weight is 346 g/mol. The lowest BCUT2D eigenvalue weighted by Gasteiger charge is -2.35. The molecule has 3 rings (SSSR count). The number of benzene rings is 1. The number of hydrogen-bond donors (Lipinski definition) is 1. The van der Waals surface area contributed by atoms with Crippen molar-refractivity contribution in [2.75, 3.05) is 6.54 Å². The quantitative estimate of drug-likeness (QED) is 0.918. The number of carbonyl (C=O) groups excluding carboxylic acids is 1. The fraction of sp³-hybridized carbons (Fsp3) is 0.368. The van der Waals surface area contributed by atoms with E-state index in [4.69, 9.17) is 0 Å². The highest BCUT2D eigenvalue weighted by atomic mass is 19.1. The standard InChI is InChI=1S/C19H20F2N2O2/c20-14-11-17(21)18(22-12-14)19(25)23-9-2-1-5-15(23)8-7-13-4-3-6-16(24)10-13/h3-4,6,10-12,15,24H,1-2,5,7-9H2/t15-/m1/s1. The molecule has 0 radical (unpaired) electrons. The normalized spacial score (nSPS) is 17.5. The van der Waals surface area contributed by atoms with Crippen LogP contribution in [0.5, 0.6) is 5.75 Å². The van der Waals surface area contributed by atoms with Crippen molar-refractivity contribution < 1.29 is 18.7 Å². The van der Waals surface area contributed by atoms with Crippen LogP contribution in [-0.4, -0.2) is 33.5 Å². The first-order valence-corrected chi connectivity index (χ1v) is 8.44. The predicted octanol–water partition coefficient (Wildman–Crippen LogP) is 3.69. The summed E-state index contributed by atoms with van der Waals surface area (Å²) in [4.78, 5) is 18.0. The maximum Gasteiger partial charge on any atom is 0.275 e. The van der Waals surface area contributed by atoms with E-state index < -0.39 is 17.5 Å². The van der Waals surface area contributed by atoms with Crippen LogP contribution in [-0.2, 0) is 6.42 Å². The summed E-state index contributed by atoms with van der Waals surface area (Å²) >= 11 is 0. The van der Waals surface area contributed by atoms with Gasteiger partial charge in [0.1, 0.15) is 11.6 Å². The third-order valence-electron chi connectivity index (χ3n) is 4.58. The molecule has 0 unspecified atom stereocenters. The minimum Gasteiger partial charge on any atom is -0.508 e. The molecule has 1 aromatic heterocycles. The first-order chi connectivity index (χ1) is 12.0. The smallest absolute Gasteiger partial charge is 0.275 e. The molecule has 1 aliphatic heterocycles. The lowest BCUT2D eigenvalue weighted by Crippen LogP contribution is -2.44. The Hall–Kier alpha value is -2.50. The minimum absolute atomic E-state index is 0.0187. The van der Waals surface area contributed by atoms with Crippen LogP contribution in [0.3, 0.4) is 0 Å². The van der Waals surface area contributed by atoms with Gasteiger partial charge in [-0.1, -0.05) is 12.1 Å². The Labute approximate surface area is 145 Å². The molecular weight excluding hydrogens is 326 g/mol. The van der Waals surface area contributed by atoms with Crippen molar-refractivity contribution in [3.63, 3.8) is 0 Å². The zero-order chi connectivity index (χ0) is 17.8. The molecule has 0 bridgehead atoms. The first kappa shape index (κ1) is 17.3. The Morgan fingerprint density at radius 3 is 2.88 bits per heavy atom. The zero-order valence-corrected chi connectivity index (χ0v) is 13.8. The van der Waals surface area contributed by atoms with Gasteiger partial charge in [0.2, 0.25) is 0 Å². The second kappa shape index (κ2) is 7.59. The van der Waals surface area contributed by atoms with Crippen LogP contribution in [0, 0.1) is 11.6 Å². The van der Waals surface area contributed by atoms with Gasteiger partial charge in [-0.2, -0.15) is 0 Å². The number of nitrogens with zero attached hydrogens (tertiary/aromatic N) is 2. The number of phenols is 1. The first-order valence-electron chi connectivity index (χ1n) is 8.44. The van der Waals surface area contributed by atoms with Crippen molar-refractivity contribution in [2.24, 2.45) is 0 Å². The van der Waals surface area contributed by atoms with Crippen LogP contribution in [0.25, 0.3) is 0 Å². The van der Waals surface area contributed by atoms with Gasteiger partial charge in [-0.25, -0.2) is 13.8 Å². The number of likely N-dealkylation sites (tertiary alicyclic amines) is 1. The zero-order valence-electron chi connectivity index (χ0n) is 13.8. The van der Waals surface area contributed by atoms with E-state index in [-0.39, 0.29) is 17.5 Å². The molecule has 25 heavy (non-hydrogen) atoms. The summed E-state index contributed by atoms with van der Waals surface area (Å²) in [6.07, 6.45) is 5.00. The molecule has 6 heteroatoms. The maximum atomic E-state index is 13.9. The number of halogens is 2. The highest BCUT2D eigenvalue weighted by Gasteiger charge is 2.29. The number of pyridine rings is 1. The van der Waals surface area contributed by atoms with E-state index in [2.05, 4.69) is 4.98 Å². The van der Waals surface area contributed by atoms with Gasteiger partial charge in [0, 0.05) is 18.7 Å². The van der Waals surface area contributed by atoms with Gasteiger partial charge in [-0.3, -0.25) is 4.79 Å². The summed E-state index contributed by atoms with van der Waals surface area (Å²) in [6.45, 7) is 0.544. The van der Waals surface area contributed by atoms with Crippen molar-refractivity contribution in [3.05, 3.63) is 59.4 Å². The fourth-order valence-corrected chi connectivity index (χ4v) is 3.32. The number of aromatic hydroxyl groups is 1. The average Bonchev–Trinajstić information content (AvgIpc) is 2.60. The Bertz CT molecular complexity index is 767. The highest BCUT2D eigenvalue weighted by molar-refractivity contribution is 5.92. The number of hydrogen-bond acceptors (Lipinski definition) is 3. The van der Waals surface area contributed by atoms with E-state index in [0.717, 1.165) is 37.4 Å². The van der Waals surface area contributed by atoms with E-state index in [1.165, 1.54) is 0 Å². The lowest BCUT2D eigenvalue weighted by molar-refractivity contribution is 0.0590. The summed E-state index contributed by atoms with van der Waals surface area (Å²) in [5.74, 6) is -2.00. The van der Waals surface area contributed by atoms with Crippen LogP contribution < -0.4 is 0 Å². The second-order valence-corrected chi connectivity index (χ2v) is 6.34. The molecule has 132 valence electrons. The summed E-state index contributed by atoms with van der Waals surface area (Å²) in [7, 11) is 0. The largest absolute Gasteiger partial charge is 0.508 e. The molecule has 1 aromatic carbocycles. The van der Waals surface area contributed by atoms with Gasteiger partial charge in [0.15, 0.2) is 11.5 Å². The second-order valence-electron chi connectivity index (χ2n) is 6.34. The molecule has 1 saturated heterocycles. The molecule has 2 heterocycles. The van der Waals surface area contributed by atoms with E-state index in [0.29, 0.717) is 19.0 Å². The van der Waals surface area contributed by atoms with E-state index >= 15 is 0 Å². The van der Waals surface area contributed by atoms with Crippen LogP contribution >= 0.6 is 0 Å². The number of aromatic nitrogens is 1. The van der Waals surface area contributed by atoms with E-state index in [1.54, 1.807) is 23.1 Å². The van der Waals surface area contributed by atoms with Crippen LogP contribution in [0.4, 0.5) is 8.78 Å². The van der Waals surface area contributed by atoms with Crippen LogP contribution in [0.15, 0.2) is 36.5 Å². The lowest BCUT2D eigenvalue weighted by atomic mass is 9.95. The van der Waals surface area contributed by atoms with Gasteiger partial charge < -0.3 is 10.0 Å². The molecule has 0 aliphatic carbocycles. The van der Waals surface area contributed by atoms with Gasteiger partial charge >= 0.3 is 0 Å². The van der Waals surface area contributed by atoms with Crippen molar-refractivity contribution in [1.82, 2.24) is 9.88 Å². The van der Waals surface area contributed by atoms with E-state index in [1.807, 2.05) is 6.07 Å². The molecule has 4 nitrogen and oxygen atoms in total. The van der Waals surface area contributed by atoms with Crippen molar-refractivity contribution in [2.45, 2.75) is 38.1 Å². The molecule has 2 aromatic rings. The fourth-order valence-electron chi connectivity index (χ4n) is 3.32. The number of rotatable bonds is 4. The van der Waals surface area contributed by atoms with E-state index in [9.17, 15) is 18.7 Å². The van der Waals surface area contributed by atoms with Crippen LogP contribution in [0.2, 0.25) is 0 Å². The monoisotopic (exact) mass is 346 g/mol. The number of amides is 1. The SMILES string of the molecule is O=C(c1ncc(F)cc1F)N1CCCC[C@@H]1CCc1cccc(O)c1. The van der Waals surface area contributed by atoms with Crippen molar-refractivity contribution >= 4 is 5.91 Å². The highest BCUT2D eigenvalue weighted by Crippen LogP contribution is 2.24. The summed E-state index contributed by atoms with van der Waals surface area (Å²) < 4.78 is 26.9. The van der Waals surface area contributed by atoms with Gasteiger partial charge in [-0.05, 0) is 49.8 Å². The molecule has 0 saturated carbocycles. The Balaban J connectivity index is 1.73. The van der Waals surface area contributed by atoms with Gasteiger partial charge in [-0.15, -0.1) is 0 Å². The number of carbonyl (C=O) groups is 1. The minimum atomic E-state index is -0.928. The van der Waals surface area contributed by atoms with Crippen molar-refractivity contribution in [1.29, 1.82) is 0 Å². The molecule has 1 fully saturated rings. The number of piperidine rings is 1. The molecule has 1 N–H and O–H groups in total. The third-order valence-corrected chi connectivity index (χ3v) is 4.58.